The molecule has 0 fully saturated rings. The van der Waals surface area contributed by atoms with Crippen LogP contribution < -0.4 is 9.80 Å². The lowest BCUT2D eigenvalue weighted by Gasteiger charge is -2.37. The molecule has 278 valence electrons. The highest BCUT2D eigenvalue weighted by Gasteiger charge is 2.40. The molecule has 8 aromatic rings. The fourth-order valence-electron chi connectivity index (χ4n) is 8.69. The third-order valence-corrected chi connectivity index (χ3v) is 11.7. The van der Waals surface area contributed by atoms with Crippen molar-refractivity contribution >= 4 is 38.9 Å². The van der Waals surface area contributed by atoms with Gasteiger partial charge in [-0.15, -0.1) is 0 Å². The Labute approximate surface area is 335 Å². The molecule has 0 atom stereocenters. The number of aromatic nitrogens is 2. The molecule has 56 heavy (non-hydrogen) atoms. The molecule has 0 radical (unpaired) electrons. The Morgan fingerprint density at radius 2 is 1.11 bits per heavy atom. The van der Waals surface area contributed by atoms with Crippen LogP contribution in [0.4, 0.5) is 17.1 Å². The molecular weight excluding hydrogens is 681 g/mol. The first-order valence-electron chi connectivity index (χ1n) is 21.1. The number of nitrogens with zero attached hydrogens (tertiary/aromatic N) is 4. The number of pyridine rings is 1. The molecule has 2 aromatic heterocycles. The second-order valence-corrected chi connectivity index (χ2v) is 17.2. The maximum Gasteiger partial charge on any atom is 0.137 e. The van der Waals surface area contributed by atoms with Crippen LogP contribution in [0.3, 0.4) is 0 Å². The second kappa shape index (κ2) is 13.3. The fourth-order valence-corrected chi connectivity index (χ4v) is 8.69. The van der Waals surface area contributed by atoms with E-state index in [9.17, 15) is 0 Å². The average molecular weight is 734 g/mol. The van der Waals surface area contributed by atoms with Gasteiger partial charge in [0.1, 0.15) is 5.82 Å². The second-order valence-electron chi connectivity index (χ2n) is 17.2. The van der Waals surface area contributed by atoms with Crippen molar-refractivity contribution in [1.82, 2.24) is 9.55 Å². The summed E-state index contributed by atoms with van der Waals surface area (Å²) < 4.78 is 27.9. The Morgan fingerprint density at radius 1 is 0.500 bits per heavy atom. The Morgan fingerprint density at radius 3 is 1.80 bits per heavy atom. The lowest BCUT2D eigenvalue weighted by molar-refractivity contribution is 0.588. The molecule has 9 rings (SSSR count). The highest BCUT2D eigenvalue weighted by molar-refractivity contribution is 6.09. The van der Waals surface area contributed by atoms with Gasteiger partial charge in [0, 0.05) is 33.7 Å². The van der Waals surface area contributed by atoms with Crippen LogP contribution in [-0.2, 0) is 16.2 Å². The summed E-state index contributed by atoms with van der Waals surface area (Å²) in [7, 11) is 0. The lowest BCUT2D eigenvalue weighted by Crippen LogP contribution is -2.31. The zero-order valence-corrected chi connectivity index (χ0v) is 33.1. The maximum absolute atomic E-state index is 8.52. The van der Waals surface area contributed by atoms with Crippen LogP contribution in [0.25, 0.3) is 27.6 Å². The molecule has 4 heteroatoms. The number of benzene rings is 6. The largest absolute Gasteiger partial charge is 0.355 e. The van der Waals surface area contributed by atoms with Gasteiger partial charge in [0.15, 0.2) is 0 Å². The lowest BCUT2D eigenvalue weighted by atomic mass is 9.65. The van der Waals surface area contributed by atoms with E-state index in [-0.39, 0.29) is 17.5 Å². The minimum Gasteiger partial charge on any atom is -0.355 e. The van der Waals surface area contributed by atoms with E-state index in [1.165, 1.54) is 10.9 Å². The van der Waals surface area contributed by atoms with E-state index in [2.05, 4.69) is 203 Å². The predicted molar refractivity (Wildman–Crippen MR) is 236 cm³/mol. The van der Waals surface area contributed by atoms with Crippen molar-refractivity contribution in [2.24, 2.45) is 0 Å². The zero-order chi connectivity index (χ0) is 41.3. The van der Waals surface area contributed by atoms with Crippen LogP contribution in [0, 0.1) is 0 Å². The van der Waals surface area contributed by atoms with Crippen molar-refractivity contribution in [2.75, 3.05) is 23.4 Å². The van der Waals surface area contributed by atoms with Crippen molar-refractivity contribution < 1.29 is 4.11 Å². The third-order valence-electron chi connectivity index (χ3n) is 11.7. The number of fused-ring (bicyclic) bond motifs is 4. The van der Waals surface area contributed by atoms with Crippen LogP contribution in [0.1, 0.15) is 79.0 Å². The molecular formula is C52H50N4. The van der Waals surface area contributed by atoms with Gasteiger partial charge in [0.05, 0.1) is 34.5 Å². The molecule has 0 N–H and O–H groups in total. The molecule has 4 nitrogen and oxygen atoms in total. The van der Waals surface area contributed by atoms with Crippen LogP contribution in [0.15, 0.2) is 164 Å². The van der Waals surface area contributed by atoms with Crippen LogP contribution in [0.5, 0.6) is 0 Å². The van der Waals surface area contributed by atoms with E-state index in [1.54, 1.807) is 4.90 Å². The van der Waals surface area contributed by atoms with Crippen LogP contribution >= 0.6 is 0 Å². The molecule has 0 unspecified atom stereocenters. The smallest absolute Gasteiger partial charge is 0.137 e. The summed E-state index contributed by atoms with van der Waals surface area (Å²) in [5.74, 6) is 0.883. The summed E-state index contributed by atoms with van der Waals surface area (Å²) in [6.07, 6.45) is 1.93. The molecule has 0 saturated carbocycles. The van der Waals surface area contributed by atoms with Gasteiger partial charge in [0.2, 0.25) is 0 Å². The highest BCUT2D eigenvalue weighted by Crippen LogP contribution is 2.49. The summed E-state index contributed by atoms with van der Waals surface area (Å²) in [4.78, 5) is 8.70. The Balaban J connectivity index is 1.32. The number of para-hydroxylation sites is 1. The molecule has 6 aromatic carbocycles. The Bertz CT molecular complexity index is 2790. The van der Waals surface area contributed by atoms with Gasteiger partial charge < -0.3 is 9.80 Å². The molecule has 1 aliphatic rings. The molecule has 1 aliphatic heterocycles. The van der Waals surface area contributed by atoms with E-state index in [0.29, 0.717) is 5.69 Å². The molecule has 0 bridgehead atoms. The minimum atomic E-state index is -2.31. The minimum absolute atomic E-state index is 0.0485. The first-order valence-corrected chi connectivity index (χ1v) is 19.6. The standard InChI is InChI=1S/C52H50N4/c1-50(2,3)38-26-28-46-48(32-38)55(35-54(46)7)42-22-16-21-40(31-42)52(36-17-10-8-11-18-36,37-19-12-9-13-20-37)41-25-27-44-43-23-14-15-24-45(43)56(47(44)33-41)49-34-39(29-30-53-49)51(4,5)6/h8-34H,35H2,1-7H3/i7D3. The van der Waals surface area contributed by atoms with Crippen LogP contribution in [-0.4, -0.2) is 23.2 Å². The normalized spacial score (nSPS) is 14.5. The SMILES string of the molecule is [2H]C([2H])([2H])N1CN(c2cccc(C(c3ccccc3)(c3ccccc3)c3ccc4c5ccccc5n(-c5cc(C(C)(C)C)ccn5)c4c3)c2)c2cc(C(C)(C)C)ccc21. The average Bonchev–Trinajstić information content (AvgIpc) is 3.78. The van der Waals surface area contributed by atoms with Crippen molar-refractivity contribution in [1.29, 1.82) is 0 Å². The molecule has 0 saturated heterocycles. The Kier molecular flexibility index (Phi) is 7.62. The van der Waals surface area contributed by atoms with Gasteiger partial charge in [0.25, 0.3) is 0 Å². The number of hydrogen-bond acceptors (Lipinski definition) is 3. The zero-order valence-electron chi connectivity index (χ0n) is 36.1. The first-order chi connectivity index (χ1) is 28.2. The highest BCUT2D eigenvalue weighted by atomic mass is 15.4. The Hall–Kier alpha value is -6.13. The van der Waals surface area contributed by atoms with Gasteiger partial charge in [-0.1, -0.05) is 151 Å². The van der Waals surface area contributed by atoms with Gasteiger partial charge >= 0.3 is 0 Å². The fraction of sp³-hybridized carbons (Fsp3) is 0.212. The quantitative estimate of drug-likeness (QED) is 0.159. The topological polar surface area (TPSA) is 24.3 Å². The van der Waals surface area contributed by atoms with Crippen LogP contribution in [0.2, 0.25) is 0 Å². The molecule has 0 aliphatic carbocycles. The maximum atomic E-state index is 8.52. The van der Waals surface area contributed by atoms with E-state index in [4.69, 9.17) is 9.10 Å². The summed E-state index contributed by atoms with van der Waals surface area (Å²) in [5.41, 5.74) is 10.6. The van der Waals surface area contributed by atoms with Crippen molar-refractivity contribution in [3.8, 4) is 5.82 Å². The van der Waals surface area contributed by atoms with Gasteiger partial charge in [-0.2, -0.15) is 0 Å². The molecule has 0 amide bonds. The van der Waals surface area contributed by atoms with Crippen molar-refractivity contribution in [3.05, 3.63) is 197 Å². The van der Waals surface area contributed by atoms with E-state index in [1.807, 2.05) is 12.3 Å². The van der Waals surface area contributed by atoms with Gasteiger partial charge in [-0.05, 0) is 92.7 Å². The first kappa shape index (κ1) is 32.1. The molecule has 0 spiro atoms. The molecule has 3 heterocycles. The van der Waals surface area contributed by atoms with E-state index < -0.39 is 12.4 Å². The summed E-state index contributed by atoms with van der Waals surface area (Å²) in [5, 5.41) is 2.33. The summed E-state index contributed by atoms with van der Waals surface area (Å²) in [6, 6.07) is 56.3. The third kappa shape index (κ3) is 5.78. The van der Waals surface area contributed by atoms with Gasteiger partial charge in [-0.25, -0.2) is 4.98 Å². The number of hydrogen-bond donors (Lipinski definition) is 0. The predicted octanol–water partition coefficient (Wildman–Crippen LogP) is 12.7. The van der Waals surface area contributed by atoms with Crippen molar-refractivity contribution in [3.63, 3.8) is 0 Å². The van der Waals surface area contributed by atoms with E-state index in [0.717, 1.165) is 61.4 Å². The monoisotopic (exact) mass is 733 g/mol. The van der Waals surface area contributed by atoms with Gasteiger partial charge in [-0.3, -0.25) is 4.57 Å². The number of anilines is 3. The van der Waals surface area contributed by atoms with E-state index >= 15 is 0 Å². The number of rotatable bonds is 6. The summed E-state index contributed by atoms with van der Waals surface area (Å²) in [6.45, 7) is 11.2. The summed E-state index contributed by atoms with van der Waals surface area (Å²) >= 11 is 0. The van der Waals surface area contributed by atoms with Crippen molar-refractivity contribution in [2.45, 2.75) is 57.8 Å².